The van der Waals surface area contributed by atoms with Crippen molar-refractivity contribution in [1.29, 1.82) is 0 Å². The fraction of sp³-hybridized carbons (Fsp3) is 0.412. The zero-order valence-electron chi connectivity index (χ0n) is 26.1. The van der Waals surface area contributed by atoms with Crippen LogP contribution in [0.25, 0.3) is 32.9 Å². The van der Waals surface area contributed by atoms with Gasteiger partial charge in [-0.15, -0.1) is 6.42 Å². The predicted octanol–water partition coefficient (Wildman–Crippen LogP) is 4.89. The summed E-state index contributed by atoms with van der Waals surface area (Å²) in [7, 11) is 3.51. The highest BCUT2D eigenvalue weighted by atomic mass is 19.1. The Bertz CT molecular complexity index is 1900. The number of piperazine rings is 1. The summed E-state index contributed by atoms with van der Waals surface area (Å²) in [5.41, 5.74) is 0.0629. The van der Waals surface area contributed by atoms with Crippen LogP contribution in [0.2, 0.25) is 0 Å². The first-order valence-corrected chi connectivity index (χ1v) is 15.6. The fourth-order valence-electron chi connectivity index (χ4n) is 7.22. The summed E-state index contributed by atoms with van der Waals surface area (Å²) in [6, 6.07) is 5.77. The summed E-state index contributed by atoms with van der Waals surface area (Å²) < 4.78 is 48.8. The second-order valence-electron chi connectivity index (χ2n) is 12.3. The maximum absolute atomic E-state index is 16.9. The molecule has 47 heavy (non-hydrogen) atoms. The van der Waals surface area contributed by atoms with Gasteiger partial charge in [-0.05, 0) is 62.9 Å². The lowest BCUT2D eigenvalue weighted by atomic mass is 9.95. The number of likely N-dealkylation sites (tertiary alicyclic amines) is 1. The number of carboxylic acid groups (broad SMARTS) is 1. The SMILES string of the molecule is C#Cc1c(F)ccc2cc(OCOC)cc(-c3ncc4c(N5C[C@H]6CC[C@@H](C5)N6C(=O)O)nc(OC[C@@H]5CCCN5C)nc4c3F)c12. The van der Waals surface area contributed by atoms with Crippen LogP contribution in [0.3, 0.4) is 0 Å². The molecule has 0 unspecified atom stereocenters. The van der Waals surface area contributed by atoms with Crippen LogP contribution >= 0.6 is 0 Å². The molecule has 1 amide bonds. The van der Waals surface area contributed by atoms with Crippen LogP contribution in [0.4, 0.5) is 19.4 Å². The third-order valence-electron chi connectivity index (χ3n) is 9.51. The summed E-state index contributed by atoms with van der Waals surface area (Å²) in [5, 5.41) is 11.0. The number of halogens is 2. The first-order chi connectivity index (χ1) is 22.8. The molecule has 11 nitrogen and oxygen atoms in total. The fourth-order valence-corrected chi connectivity index (χ4v) is 7.22. The van der Waals surface area contributed by atoms with E-state index in [0.717, 1.165) is 32.2 Å². The number of ether oxygens (including phenoxy) is 3. The molecule has 244 valence electrons. The molecule has 2 aromatic carbocycles. The molecule has 5 heterocycles. The van der Waals surface area contributed by atoms with E-state index in [9.17, 15) is 14.3 Å². The van der Waals surface area contributed by atoms with Crippen molar-refractivity contribution in [1.82, 2.24) is 24.8 Å². The van der Waals surface area contributed by atoms with Crippen LogP contribution in [0.15, 0.2) is 30.5 Å². The van der Waals surface area contributed by atoms with Gasteiger partial charge < -0.3 is 29.1 Å². The Labute approximate surface area is 270 Å². The lowest BCUT2D eigenvalue weighted by molar-refractivity contribution is 0.0512. The smallest absolute Gasteiger partial charge is 0.407 e. The highest BCUT2D eigenvalue weighted by molar-refractivity contribution is 6.03. The zero-order chi connectivity index (χ0) is 32.8. The molecule has 4 aromatic rings. The van der Waals surface area contributed by atoms with E-state index in [0.29, 0.717) is 47.4 Å². The topological polar surface area (TPSA) is 113 Å². The van der Waals surface area contributed by atoms with E-state index in [4.69, 9.17) is 25.6 Å². The van der Waals surface area contributed by atoms with Crippen LogP contribution in [-0.4, -0.2) is 101 Å². The largest absolute Gasteiger partial charge is 0.468 e. The van der Waals surface area contributed by atoms with E-state index in [1.807, 2.05) is 11.9 Å². The van der Waals surface area contributed by atoms with Gasteiger partial charge in [-0.1, -0.05) is 12.0 Å². The summed E-state index contributed by atoms with van der Waals surface area (Å²) >= 11 is 0. The molecule has 2 bridgehead atoms. The number of hydrogen-bond acceptors (Lipinski definition) is 9. The summed E-state index contributed by atoms with van der Waals surface area (Å²) in [6.07, 6.45) is 9.76. The number of rotatable bonds is 8. The second kappa shape index (κ2) is 12.4. The minimum absolute atomic E-state index is 0.00857. The third kappa shape index (κ3) is 5.51. The number of likely N-dealkylation sites (N-methyl/N-ethyl adjacent to an activating group) is 1. The highest BCUT2D eigenvalue weighted by Crippen LogP contribution is 2.40. The van der Waals surface area contributed by atoms with Gasteiger partial charge in [0.15, 0.2) is 12.6 Å². The van der Waals surface area contributed by atoms with Crippen LogP contribution in [0.5, 0.6) is 11.8 Å². The molecule has 3 atom stereocenters. The molecule has 3 saturated heterocycles. The van der Waals surface area contributed by atoms with Crippen LogP contribution < -0.4 is 14.4 Å². The Morgan fingerprint density at radius 1 is 1.13 bits per heavy atom. The van der Waals surface area contributed by atoms with Gasteiger partial charge in [-0.25, -0.2) is 13.6 Å². The molecule has 3 fully saturated rings. The number of fused-ring (bicyclic) bond motifs is 4. The third-order valence-corrected chi connectivity index (χ3v) is 9.51. The standard InChI is InChI=1S/C34H34F2N6O5/c1-4-24-27(35)10-7-19-12-23(47-18-45-3)13-25(28(19)24)30-29(36)31-26(14-37-30)32(39-33(38-31)46-17-22-6-5-11-40(22)2)41-15-20-8-9-21(16-41)42(20)34(43)44/h1,7,10,12-14,20-22H,5-6,8-9,11,15-18H2,2-3H3,(H,43,44)/t20-,21+,22-/m0/s1. The predicted molar refractivity (Wildman–Crippen MR) is 171 cm³/mol. The normalized spacial score (nSPS) is 21.0. The molecule has 0 radical (unpaired) electrons. The van der Waals surface area contributed by atoms with Crippen molar-refractivity contribution < 1.29 is 32.9 Å². The Morgan fingerprint density at radius 3 is 2.60 bits per heavy atom. The van der Waals surface area contributed by atoms with Gasteiger partial charge >= 0.3 is 12.1 Å². The van der Waals surface area contributed by atoms with Crippen molar-refractivity contribution in [2.24, 2.45) is 0 Å². The van der Waals surface area contributed by atoms with E-state index < -0.39 is 17.7 Å². The molecule has 0 saturated carbocycles. The summed E-state index contributed by atoms with van der Waals surface area (Å²) in [4.78, 5) is 31.5. The van der Waals surface area contributed by atoms with Gasteiger partial charge in [0.05, 0.1) is 23.0 Å². The monoisotopic (exact) mass is 644 g/mol. The van der Waals surface area contributed by atoms with Gasteiger partial charge in [-0.2, -0.15) is 9.97 Å². The molecular weight excluding hydrogens is 610 g/mol. The number of terminal acetylenes is 1. The molecular formula is C34H34F2N6O5. The van der Waals surface area contributed by atoms with E-state index >= 15 is 4.39 Å². The molecule has 3 aliphatic heterocycles. The molecule has 7 rings (SSSR count). The molecule has 1 N–H and O–H groups in total. The number of nitrogens with zero attached hydrogens (tertiary/aromatic N) is 6. The van der Waals surface area contributed by atoms with Crippen LogP contribution in [0, 0.1) is 24.0 Å². The molecule has 0 aliphatic carbocycles. The van der Waals surface area contributed by atoms with E-state index in [1.165, 1.54) is 24.3 Å². The lowest BCUT2D eigenvalue weighted by Gasteiger charge is -2.40. The number of hydrogen-bond donors (Lipinski definition) is 1. The van der Waals surface area contributed by atoms with E-state index in [1.54, 1.807) is 18.2 Å². The average Bonchev–Trinajstić information content (AvgIpc) is 3.60. The maximum atomic E-state index is 16.9. The van der Waals surface area contributed by atoms with E-state index in [-0.39, 0.29) is 53.3 Å². The van der Waals surface area contributed by atoms with Crippen molar-refractivity contribution in [3.05, 3.63) is 47.7 Å². The van der Waals surface area contributed by atoms with Gasteiger partial charge in [0.25, 0.3) is 0 Å². The van der Waals surface area contributed by atoms with Gasteiger partial charge in [0, 0.05) is 43.4 Å². The Kier molecular flexibility index (Phi) is 8.15. The number of anilines is 1. The van der Waals surface area contributed by atoms with Crippen molar-refractivity contribution in [3.63, 3.8) is 0 Å². The minimum Gasteiger partial charge on any atom is -0.468 e. The maximum Gasteiger partial charge on any atom is 0.407 e. The van der Waals surface area contributed by atoms with Crippen LogP contribution in [-0.2, 0) is 4.74 Å². The number of aromatic nitrogens is 3. The second-order valence-corrected chi connectivity index (χ2v) is 12.3. The average molecular weight is 645 g/mol. The summed E-state index contributed by atoms with van der Waals surface area (Å²) in [5.74, 6) is 1.79. The zero-order valence-corrected chi connectivity index (χ0v) is 26.1. The van der Waals surface area contributed by atoms with Crippen molar-refractivity contribution in [2.45, 2.75) is 43.8 Å². The number of benzene rings is 2. The number of carbonyl (C=O) groups is 1. The van der Waals surface area contributed by atoms with E-state index in [2.05, 4.69) is 20.8 Å². The lowest BCUT2D eigenvalue weighted by Crippen LogP contribution is -2.55. The van der Waals surface area contributed by atoms with Crippen molar-refractivity contribution in [2.75, 3.05) is 52.1 Å². The first kappa shape index (κ1) is 30.8. The molecule has 2 aromatic heterocycles. The number of amides is 1. The minimum atomic E-state index is -0.946. The van der Waals surface area contributed by atoms with Gasteiger partial charge in [0.1, 0.15) is 35.2 Å². The number of pyridine rings is 1. The Balaban J connectivity index is 1.38. The first-order valence-electron chi connectivity index (χ1n) is 15.6. The van der Waals surface area contributed by atoms with Gasteiger partial charge in [-0.3, -0.25) is 9.88 Å². The van der Waals surface area contributed by atoms with Crippen LogP contribution in [0.1, 0.15) is 31.2 Å². The Morgan fingerprint density at radius 2 is 1.91 bits per heavy atom. The van der Waals surface area contributed by atoms with Crippen molar-refractivity contribution >= 4 is 33.6 Å². The Hall–Kier alpha value is -4.80. The van der Waals surface area contributed by atoms with Gasteiger partial charge in [0.2, 0.25) is 0 Å². The number of methoxy groups -OCH3 is 1. The van der Waals surface area contributed by atoms with Crippen molar-refractivity contribution in [3.8, 4) is 35.4 Å². The quantitative estimate of drug-likeness (QED) is 0.210. The summed E-state index contributed by atoms with van der Waals surface area (Å²) in [6.45, 7) is 1.99. The molecule has 0 spiro atoms. The molecule has 13 heteroatoms. The highest BCUT2D eigenvalue weighted by Gasteiger charge is 2.43. The molecule has 3 aliphatic rings.